The highest BCUT2D eigenvalue weighted by molar-refractivity contribution is 7.89. The molecule has 2 aliphatic rings. The van der Waals surface area contributed by atoms with Crippen molar-refractivity contribution in [2.75, 3.05) is 0 Å². The van der Waals surface area contributed by atoms with Crippen LogP contribution >= 0.6 is 0 Å². The second-order valence-corrected chi connectivity index (χ2v) is 11.7. The normalized spacial score (nSPS) is 21.9. The Bertz CT molecular complexity index is 1510. The predicted octanol–water partition coefficient (Wildman–Crippen LogP) is 4.38. The molecular formula is C26H24F5N5O3S. The summed E-state index contributed by atoms with van der Waals surface area (Å²) in [6.07, 6.45) is -1.32. The topological polar surface area (TPSA) is 105 Å². The van der Waals surface area contributed by atoms with E-state index in [2.05, 4.69) is 20.3 Å². The lowest BCUT2D eigenvalue weighted by Crippen LogP contribution is -2.48. The molecule has 1 saturated carbocycles. The summed E-state index contributed by atoms with van der Waals surface area (Å²) in [6, 6.07) is 3.24. The highest BCUT2D eigenvalue weighted by Gasteiger charge is 2.49. The minimum absolute atomic E-state index is 0.0702. The first-order valence-corrected chi connectivity index (χ1v) is 13.9. The molecule has 1 saturated heterocycles. The largest absolute Gasteiger partial charge is 0.451 e. The van der Waals surface area contributed by atoms with Crippen molar-refractivity contribution < 1.29 is 35.2 Å². The number of pyridine rings is 1. The van der Waals surface area contributed by atoms with E-state index in [-0.39, 0.29) is 29.3 Å². The molecule has 1 amide bonds. The van der Waals surface area contributed by atoms with E-state index < -0.39 is 52.0 Å². The molecule has 0 unspecified atom stereocenters. The van der Waals surface area contributed by atoms with E-state index in [0.29, 0.717) is 16.8 Å². The summed E-state index contributed by atoms with van der Waals surface area (Å²) in [6.45, 7) is 1.29. The van der Waals surface area contributed by atoms with Crippen LogP contribution < -0.4 is 5.32 Å². The first-order chi connectivity index (χ1) is 18.9. The predicted molar refractivity (Wildman–Crippen MR) is 132 cm³/mol. The van der Waals surface area contributed by atoms with E-state index in [0.717, 1.165) is 53.8 Å². The molecule has 8 nitrogen and oxygen atoms in total. The van der Waals surface area contributed by atoms with E-state index in [4.69, 9.17) is 0 Å². The van der Waals surface area contributed by atoms with Crippen LogP contribution in [0.1, 0.15) is 49.2 Å². The second kappa shape index (κ2) is 10.5. The molecule has 0 bridgehead atoms. The Morgan fingerprint density at radius 1 is 1.05 bits per heavy atom. The summed E-state index contributed by atoms with van der Waals surface area (Å²) >= 11 is 0. The van der Waals surface area contributed by atoms with Crippen molar-refractivity contribution >= 4 is 15.9 Å². The Morgan fingerprint density at radius 3 is 2.27 bits per heavy atom. The van der Waals surface area contributed by atoms with Gasteiger partial charge in [0.2, 0.25) is 21.8 Å². The zero-order valence-corrected chi connectivity index (χ0v) is 21.9. The van der Waals surface area contributed by atoms with Crippen molar-refractivity contribution in [3.8, 4) is 11.1 Å². The fourth-order valence-electron chi connectivity index (χ4n) is 4.76. The molecule has 3 heterocycles. The number of nitrogens with zero attached hydrogens (tertiary/aromatic N) is 4. The van der Waals surface area contributed by atoms with Gasteiger partial charge in [-0.2, -0.15) is 17.5 Å². The van der Waals surface area contributed by atoms with Gasteiger partial charge in [0.05, 0.1) is 10.9 Å². The van der Waals surface area contributed by atoms with Crippen molar-refractivity contribution in [3.05, 3.63) is 71.8 Å². The number of hydrogen-bond acceptors (Lipinski definition) is 6. The number of amides is 1. The van der Waals surface area contributed by atoms with Gasteiger partial charge in [-0.1, -0.05) is 0 Å². The molecule has 14 heteroatoms. The third-order valence-corrected chi connectivity index (χ3v) is 9.04. The van der Waals surface area contributed by atoms with Crippen LogP contribution in [0.5, 0.6) is 0 Å². The number of hydrogen-bond donors (Lipinski definition) is 1. The summed E-state index contributed by atoms with van der Waals surface area (Å²) in [4.78, 5) is 24.2. The molecule has 0 spiro atoms. The van der Waals surface area contributed by atoms with Crippen LogP contribution in [-0.4, -0.2) is 51.8 Å². The van der Waals surface area contributed by atoms with E-state index in [9.17, 15) is 35.2 Å². The monoisotopic (exact) mass is 581 g/mol. The Kier molecular flexibility index (Phi) is 7.33. The van der Waals surface area contributed by atoms with E-state index in [1.165, 1.54) is 13.1 Å². The van der Waals surface area contributed by atoms with Crippen LogP contribution in [0.15, 0.2) is 53.8 Å². The summed E-state index contributed by atoms with van der Waals surface area (Å²) in [7, 11) is -4.32. The number of sulfonamides is 1. The van der Waals surface area contributed by atoms with Gasteiger partial charge in [-0.05, 0) is 55.7 Å². The Balaban J connectivity index is 1.38. The molecule has 5 rings (SSSR count). The minimum atomic E-state index is -4.68. The standard InChI is InChI=1S/C26H24F5N5O3S/c1-14-21(28)9-22(36(14)40(38,39)20-6-4-19(27)5-7-20)24(37)33-11-17-8-16(10-32-23(17)15-2-3-15)18-12-34-25(35-13-18)26(29,30)31/h4-8,10,12-15,21-22H,2-3,9,11H2,1H3,(H,33,37)/t14-,21+,22-/m0/s1. The van der Waals surface area contributed by atoms with Gasteiger partial charge in [0, 0.05) is 54.3 Å². The van der Waals surface area contributed by atoms with Gasteiger partial charge in [-0.15, -0.1) is 0 Å². The van der Waals surface area contributed by atoms with E-state index in [1.54, 1.807) is 6.07 Å². The molecule has 2 aromatic heterocycles. The van der Waals surface area contributed by atoms with Crippen molar-refractivity contribution in [1.29, 1.82) is 0 Å². The minimum Gasteiger partial charge on any atom is -0.351 e. The fraction of sp³-hybridized carbons (Fsp3) is 0.385. The van der Waals surface area contributed by atoms with Crippen molar-refractivity contribution in [2.45, 2.75) is 68.0 Å². The molecule has 212 valence electrons. The van der Waals surface area contributed by atoms with Gasteiger partial charge in [-0.25, -0.2) is 27.2 Å². The van der Waals surface area contributed by atoms with Gasteiger partial charge in [0.25, 0.3) is 0 Å². The lowest BCUT2D eigenvalue weighted by atomic mass is 10.0. The lowest BCUT2D eigenvalue weighted by Gasteiger charge is -2.27. The lowest BCUT2D eigenvalue weighted by molar-refractivity contribution is -0.145. The van der Waals surface area contributed by atoms with Crippen LogP contribution in [0.4, 0.5) is 22.0 Å². The molecular weight excluding hydrogens is 557 g/mol. The zero-order valence-electron chi connectivity index (χ0n) is 21.1. The van der Waals surface area contributed by atoms with Crippen LogP contribution in [0.2, 0.25) is 0 Å². The third-order valence-electron chi connectivity index (χ3n) is 7.03. The molecule has 1 aliphatic carbocycles. The molecule has 0 radical (unpaired) electrons. The maximum atomic E-state index is 14.7. The summed E-state index contributed by atoms with van der Waals surface area (Å²) in [5, 5.41) is 2.68. The summed E-state index contributed by atoms with van der Waals surface area (Å²) in [5.74, 6) is -2.48. The zero-order chi connectivity index (χ0) is 28.8. The maximum Gasteiger partial charge on any atom is 0.451 e. The Labute approximate surface area is 226 Å². The van der Waals surface area contributed by atoms with Crippen LogP contribution in [-0.2, 0) is 27.5 Å². The molecule has 1 N–H and O–H groups in total. The first-order valence-electron chi connectivity index (χ1n) is 12.5. The molecule has 1 aromatic carbocycles. The number of halogens is 5. The number of rotatable bonds is 7. The van der Waals surface area contributed by atoms with Gasteiger partial charge in [-0.3, -0.25) is 9.78 Å². The van der Waals surface area contributed by atoms with Gasteiger partial charge in [0.1, 0.15) is 18.0 Å². The number of carbonyl (C=O) groups is 1. The molecule has 3 atom stereocenters. The van der Waals surface area contributed by atoms with Gasteiger partial charge < -0.3 is 5.32 Å². The van der Waals surface area contributed by atoms with E-state index in [1.807, 2.05) is 0 Å². The summed E-state index contributed by atoms with van der Waals surface area (Å²) < 4.78 is 94.0. The number of benzene rings is 1. The Hall–Kier alpha value is -3.52. The Morgan fingerprint density at radius 2 is 1.68 bits per heavy atom. The van der Waals surface area contributed by atoms with Gasteiger partial charge >= 0.3 is 6.18 Å². The van der Waals surface area contributed by atoms with Crippen molar-refractivity contribution in [2.24, 2.45) is 0 Å². The fourth-order valence-corrected chi connectivity index (χ4v) is 6.57. The number of alkyl halides is 4. The van der Waals surface area contributed by atoms with Crippen molar-refractivity contribution in [1.82, 2.24) is 24.6 Å². The van der Waals surface area contributed by atoms with Crippen LogP contribution in [0.3, 0.4) is 0 Å². The molecule has 3 aromatic rings. The van der Waals surface area contributed by atoms with E-state index >= 15 is 0 Å². The maximum absolute atomic E-state index is 14.7. The molecule has 2 fully saturated rings. The summed E-state index contributed by atoms with van der Waals surface area (Å²) in [5.41, 5.74) is 2.01. The number of aromatic nitrogens is 3. The number of carbonyl (C=O) groups excluding carboxylic acids is 1. The van der Waals surface area contributed by atoms with Gasteiger partial charge in [0.15, 0.2) is 0 Å². The smallest absolute Gasteiger partial charge is 0.351 e. The average Bonchev–Trinajstić information content (AvgIpc) is 3.71. The third kappa shape index (κ3) is 5.55. The highest BCUT2D eigenvalue weighted by Crippen LogP contribution is 2.41. The molecule has 40 heavy (non-hydrogen) atoms. The van der Waals surface area contributed by atoms with Crippen LogP contribution in [0.25, 0.3) is 11.1 Å². The number of nitrogens with one attached hydrogen (secondary N) is 1. The highest BCUT2D eigenvalue weighted by atomic mass is 32.2. The SMILES string of the molecule is C[C@H]1[C@H](F)C[C@@H](C(=O)NCc2cc(-c3cnc(C(F)(F)F)nc3)cnc2C2CC2)N1S(=O)(=O)c1ccc(F)cc1. The molecule has 1 aliphatic heterocycles. The van der Waals surface area contributed by atoms with Crippen LogP contribution in [0, 0.1) is 5.82 Å². The average molecular weight is 582 g/mol. The second-order valence-electron chi connectivity index (χ2n) is 9.85. The first kappa shape index (κ1) is 28.0. The quantitative estimate of drug-likeness (QED) is 0.416. The van der Waals surface area contributed by atoms with Crippen molar-refractivity contribution in [3.63, 3.8) is 0 Å².